The number of rotatable bonds is 7. The van der Waals surface area contributed by atoms with Gasteiger partial charge in [0.05, 0.1) is 6.54 Å². The molecule has 1 aromatic rings. The smallest absolute Gasteiger partial charge is 0.234 e. The van der Waals surface area contributed by atoms with E-state index >= 15 is 0 Å². The minimum Gasteiger partial charge on any atom is -0.351 e. The van der Waals surface area contributed by atoms with Crippen molar-refractivity contribution in [2.24, 2.45) is 11.7 Å². The lowest BCUT2D eigenvalue weighted by Gasteiger charge is -2.26. The summed E-state index contributed by atoms with van der Waals surface area (Å²) in [5, 5.41) is 2.75. The Morgan fingerprint density at radius 2 is 2.20 bits per heavy atom. The minimum atomic E-state index is -0.293. The molecule has 1 atom stereocenters. The van der Waals surface area contributed by atoms with Gasteiger partial charge in [0.25, 0.3) is 0 Å². The van der Waals surface area contributed by atoms with Gasteiger partial charge in [-0.05, 0) is 31.9 Å². The van der Waals surface area contributed by atoms with Crippen LogP contribution in [0.15, 0.2) is 24.3 Å². The number of nitrogens with zero attached hydrogens (tertiary/aromatic N) is 1. The molecule has 1 aromatic carbocycles. The van der Waals surface area contributed by atoms with Crippen LogP contribution in [0.4, 0.5) is 4.39 Å². The molecule has 0 spiro atoms. The maximum absolute atomic E-state index is 13.4. The van der Waals surface area contributed by atoms with Gasteiger partial charge in [-0.1, -0.05) is 18.2 Å². The second-order valence-electron chi connectivity index (χ2n) is 5.42. The molecule has 1 saturated carbocycles. The van der Waals surface area contributed by atoms with Crippen LogP contribution in [0, 0.1) is 11.7 Å². The van der Waals surface area contributed by atoms with Crippen LogP contribution in [0.3, 0.4) is 0 Å². The fraction of sp³-hybridized carbons (Fsp3) is 0.533. The van der Waals surface area contributed by atoms with Crippen LogP contribution in [-0.4, -0.2) is 37.0 Å². The van der Waals surface area contributed by atoms with Gasteiger partial charge in [-0.2, -0.15) is 0 Å². The van der Waals surface area contributed by atoms with Crippen LogP contribution in [0.25, 0.3) is 0 Å². The van der Waals surface area contributed by atoms with E-state index in [1.165, 1.54) is 18.9 Å². The third kappa shape index (κ3) is 4.02. The van der Waals surface area contributed by atoms with E-state index in [0.717, 1.165) is 0 Å². The predicted molar refractivity (Wildman–Crippen MR) is 76.4 cm³/mol. The molecule has 1 unspecified atom stereocenters. The second kappa shape index (κ2) is 6.81. The molecule has 1 aliphatic rings. The standard InChI is InChI=1S/C15H22FN3O/c1-19(14(8-17)11-6-7-11)10-15(20)18-9-12-4-2-3-5-13(12)16/h2-5,11,14H,6-10,17H2,1H3,(H,18,20). The molecular weight excluding hydrogens is 257 g/mol. The van der Waals surface area contributed by atoms with E-state index in [1.807, 2.05) is 11.9 Å². The van der Waals surface area contributed by atoms with Gasteiger partial charge in [0.15, 0.2) is 0 Å². The lowest BCUT2D eigenvalue weighted by molar-refractivity contribution is -0.122. The van der Waals surface area contributed by atoms with Crippen LogP contribution in [-0.2, 0) is 11.3 Å². The van der Waals surface area contributed by atoms with Gasteiger partial charge in [0.1, 0.15) is 5.82 Å². The van der Waals surface area contributed by atoms with Crippen molar-refractivity contribution in [3.63, 3.8) is 0 Å². The molecule has 5 heteroatoms. The highest BCUT2D eigenvalue weighted by atomic mass is 19.1. The molecule has 1 amide bonds. The number of hydrogen-bond donors (Lipinski definition) is 2. The lowest BCUT2D eigenvalue weighted by atomic mass is 10.1. The summed E-state index contributed by atoms with van der Waals surface area (Å²) in [4.78, 5) is 13.9. The number of halogens is 1. The van der Waals surface area contributed by atoms with Crippen molar-refractivity contribution >= 4 is 5.91 Å². The number of nitrogens with one attached hydrogen (secondary N) is 1. The number of nitrogens with two attached hydrogens (primary N) is 1. The van der Waals surface area contributed by atoms with E-state index in [1.54, 1.807) is 18.2 Å². The van der Waals surface area contributed by atoms with Crippen molar-refractivity contribution < 1.29 is 9.18 Å². The predicted octanol–water partition coefficient (Wildman–Crippen LogP) is 1.11. The number of likely N-dealkylation sites (N-methyl/N-ethyl adjacent to an activating group) is 1. The van der Waals surface area contributed by atoms with Crippen LogP contribution < -0.4 is 11.1 Å². The molecular formula is C15H22FN3O. The van der Waals surface area contributed by atoms with Crippen LogP contribution in [0.5, 0.6) is 0 Å². The van der Waals surface area contributed by atoms with Gasteiger partial charge in [-0.3, -0.25) is 9.69 Å². The highest BCUT2D eigenvalue weighted by molar-refractivity contribution is 5.78. The SMILES string of the molecule is CN(CC(=O)NCc1ccccc1F)C(CN)C1CC1. The molecule has 1 aliphatic carbocycles. The molecule has 4 nitrogen and oxygen atoms in total. The zero-order valence-electron chi connectivity index (χ0n) is 11.8. The molecule has 2 rings (SSSR count). The summed E-state index contributed by atoms with van der Waals surface area (Å²) in [5.74, 6) is 0.234. The topological polar surface area (TPSA) is 58.4 Å². The minimum absolute atomic E-state index is 0.102. The molecule has 0 radical (unpaired) electrons. The fourth-order valence-electron chi connectivity index (χ4n) is 2.45. The van der Waals surface area contributed by atoms with Crippen LogP contribution in [0.1, 0.15) is 18.4 Å². The number of benzene rings is 1. The Morgan fingerprint density at radius 1 is 1.50 bits per heavy atom. The Labute approximate surface area is 119 Å². The summed E-state index contributed by atoms with van der Waals surface area (Å²) in [7, 11) is 1.92. The molecule has 0 saturated heterocycles. The van der Waals surface area contributed by atoms with Gasteiger partial charge in [-0.15, -0.1) is 0 Å². The molecule has 1 fully saturated rings. The maximum Gasteiger partial charge on any atom is 0.234 e. The first-order valence-corrected chi connectivity index (χ1v) is 7.02. The molecule has 110 valence electrons. The van der Waals surface area contributed by atoms with Crippen LogP contribution in [0.2, 0.25) is 0 Å². The Morgan fingerprint density at radius 3 is 2.80 bits per heavy atom. The zero-order chi connectivity index (χ0) is 14.5. The number of hydrogen-bond acceptors (Lipinski definition) is 3. The summed E-state index contributed by atoms with van der Waals surface area (Å²) in [5.41, 5.74) is 6.25. The normalized spacial score (nSPS) is 16.2. The Kier molecular flexibility index (Phi) is 5.09. The number of carbonyl (C=O) groups excluding carboxylic acids is 1. The lowest BCUT2D eigenvalue weighted by Crippen LogP contribution is -2.45. The van der Waals surface area contributed by atoms with E-state index in [2.05, 4.69) is 5.32 Å². The Bertz CT molecular complexity index is 462. The number of carbonyl (C=O) groups is 1. The van der Waals surface area contributed by atoms with E-state index in [4.69, 9.17) is 5.73 Å². The van der Waals surface area contributed by atoms with Crippen molar-refractivity contribution in [2.75, 3.05) is 20.1 Å². The van der Waals surface area contributed by atoms with E-state index in [0.29, 0.717) is 24.6 Å². The van der Waals surface area contributed by atoms with E-state index in [9.17, 15) is 9.18 Å². The highest BCUT2D eigenvalue weighted by Gasteiger charge is 2.33. The average molecular weight is 279 g/mol. The average Bonchev–Trinajstić information content (AvgIpc) is 3.23. The number of amides is 1. The first-order chi connectivity index (χ1) is 9.61. The molecule has 0 aromatic heterocycles. The zero-order valence-corrected chi connectivity index (χ0v) is 11.8. The van der Waals surface area contributed by atoms with Crippen LogP contribution >= 0.6 is 0 Å². The summed E-state index contributed by atoms with van der Waals surface area (Å²) in [6, 6.07) is 6.73. The highest BCUT2D eigenvalue weighted by Crippen LogP contribution is 2.34. The maximum atomic E-state index is 13.4. The van der Waals surface area contributed by atoms with Gasteiger partial charge in [-0.25, -0.2) is 4.39 Å². The third-order valence-electron chi connectivity index (χ3n) is 3.80. The van der Waals surface area contributed by atoms with Gasteiger partial charge >= 0.3 is 0 Å². The first-order valence-electron chi connectivity index (χ1n) is 7.02. The molecule has 20 heavy (non-hydrogen) atoms. The monoisotopic (exact) mass is 279 g/mol. The molecule has 0 heterocycles. The third-order valence-corrected chi connectivity index (χ3v) is 3.80. The van der Waals surface area contributed by atoms with Crippen molar-refractivity contribution in [2.45, 2.75) is 25.4 Å². The summed E-state index contributed by atoms with van der Waals surface area (Å²) < 4.78 is 13.4. The van der Waals surface area contributed by atoms with Gasteiger partial charge in [0.2, 0.25) is 5.91 Å². The van der Waals surface area contributed by atoms with Gasteiger partial charge < -0.3 is 11.1 Å². The summed E-state index contributed by atoms with van der Waals surface area (Å²) in [6.45, 7) is 1.09. The molecule has 0 bridgehead atoms. The largest absolute Gasteiger partial charge is 0.351 e. The van der Waals surface area contributed by atoms with Crippen molar-refractivity contribution in [1.82, 2.24) is 10.2 Å². The van der Waals surface area contributed by atoms with E-state index < -0.39 is 0 Å². The van der Waals surface area contributed by atoms with Crippen molar-refractivity contribution in [1.29, 1.82) is 0 Å². The quantitative estimate of drug-likeness (QED) is 0.786. The Hall–Kier alpha value is -1.46. The summed E-state index contributed by atoms with van der Waals surface area (Å²) in [6.07, 6.45) is 2.39. The van der Waals surface area contributed by atoms with E-state index in [-0.39, 0.29) is 24.3 Å². The van der Waals surface area contributed by atoms with Crippen molar-refractivity contribution in [3.05, 3.63) is 35.6 Å². The second-order valence-corrected chi connectivity index (χ2v) is 5.42. The molecule has 0 aliphatic heterocycles. The fourth-order valence-corrected chi connectivity index (χ4v) is 2.45. The van der Waals surface area contributed by atoms with Crippen molar-refractivity contribution in [3.8, 4) is 0 Å². The summed E-state index contributed by atoms with van der Waals surface area (Å²) >= 11 is 0. The first kappa shape index (κ1) is 14.9. The Balaban J connectivity index is 1.79. The van der Waals surface area contributed by atoms with Gasteiger partial charge in [0, 0.05) is 24.7 Å². The molecule has 3 N–H and O–H groups in total.